The van der Waals surface area contributed by atoms with Crippen LogP contribution in [0.25, 0.3) is 0 Å². The zero-order chi connectivity index (χ0) is 24.1. The second-order valence-electron chi connectivity index (χ2n) is 8.91. The van der Waals surface area contributed by atoms with E-state index in [4.69, 9.17) is 10.5 Å². The van der Waals surface area contributed by atoms with Gasteiger partial charge in [-0.1, -0.05) is 34.6 Å². The summed E-state index contributed by atoms with van der Waals surface area (Å²) in [6.45, 7) is 9.18. The number of nitrogens with zero attached hydrogens (tertiary/aromatic N) is 2. The van der Waals surface area contributed by atoms with Crippen LogP contribution in [0.15, 0.2) is 34.8 Å². The van der Waals surface area contributed by atoms with Crippen LogP contribution in [0.4, 0.5) is 10.1 Å². The van der Waals surface area contributed by atoms with Crippen molar-refractivity contribution in [1.82, 2.24) is 4.57 Å². The summed E-state index contributed by atoms with van der Waals surface area (Å²) in [4.78, 5) is 40.8. The Balaban J connectivity index is 2.11. The molecule has 2 aromatic rings. The molecule has 2 rings (SSSR count). The number of hydrogen-bond donors (Lipinski definition) is 2. The largest absolute Gasteiger partial charge is 0.443 e. The fourth-order valence-electron chi connectivity index (χ4n) is 2.56. The molecule has 8 nitrogen and oxygen atoms in total. The maximum atomic E-state index is 14.4. The Labute approximate surface area is 190 Å². The zero-order valence-corrected chi connectivity index (χ0v) is 19.7. The Kier molecular flexibility index (Phi) is 8.45. The van der Waals surface area contributed by atoms with Crippen LogP contribution in [0.5, 0.6) is 0 Å². The molecule has 0 spiro atoms. The van der Waals surface area contributed by atoms with Gasteiger partial charge in [-0.2, -0.15) is 4.99 Å². The number of carbonyl (C=O) groups is 3. The lowest BCUT2D eigenvalue weighted by atomic mass is 9.92. The molecule has 0 fully saturated rings. The topological polar surface area (TPSA) is 116 Å². The summed E-state index contributed by atoms with van der Waals surface area (Å²) in [5, 5.41) is 4.19. The summed E-state index contributed by atoms with van der Waals surface area (Å²) in [5.41, 5.74) is 5.54. The number of aromatic nitrogens is 1. The number of halogens is 1. The summed E-state index contributed by atoms with van der Waals surface area (Å²) in [5.74, 6) is -2.34. The standard InChI is InChI=1S/C22H29FN4O4S/c1-13(2)18(24)20(30)31-12-27-8-9-32-21(27)26-19(29)14-6-7-16(15(23)10-14)25-17(28)11-22(3,4)5/h6-10,13,18H,11-12,24H2,1-5H3,(H,25,28)/b26-21-/t18-/m0/s1. The molecule has 174 valence electrons. The van der Waals surface area contributed by atoms with Gasteiger partial charge in [0.15, 0.2) is 11.5 Å². The second kappa shape index (κ2) is 10.6. The SMILES string of the molecule is CC(C)[C@H](N)C(=O)OCn1ccs/c1=N\C(=O)c1ccc(NC(=O)CC(C)(C)C)c(F)c1. The molecule has 10 heteroatoms. The first kappa shape index (κ1) is 25.4. The molecule has 0 saturated heterocycles. The van der Waals surface area contributed by atoms with E-state index in [-0.39, 0.29) is 46.4 Å². The van der Waals surface area contributed by atoms with E-state index in [1.165, 1.54) is 16.7 Å². The van der Waals surface area contributed by atoms with Crippen molar-refractivity contribution in [3.05, 3.63) is 46.0 Å². The van der Waals surface area contributed by atoms with Crippen LogP contribution in [0.3, 0.4) is 0 Å². The molecule has 0 saturated carbocycles. The minimum atomic E-state index is -0.748. The number of benzene rings is 1. The van der Waals surface area contributed by atoms with Crippen molar-refractivity contribution in [3.63, 3.8) is 0 Å². The average molecular weight is 465 g/mol. The highest BCUT2D eigenvalue weighted by Crippen LogP contribution is 2.21. The minimum Gasteiger partial charge on any atom is -0.443 e. The molecule has 32 heavy (non-hydrogen) atoms. The van der Waals surface area contributed by atoms with E-state index >= 15 is 0 Å². The van der Waals surface area contributed by atoms with Gasteiger partial charge in [0.1, 0.15) is 11.9 Å². The average Bonchev–Trinajstić information content (AvgIpc) is 3.12. The molecule has 2 amide bonds. The maximum Gasteiger partial charge on any atom is 0.324 e. The maximum absolute atomic E-state index is 14.4. The number of anilines is 1. The minimum absolute atomic E-state index is 0.00427. The zero-order valence-electron chi connectivity index (χ0n) is 18.8. The van der Waals surface area contributed by atoms with E-state index in [9.17, 15) is 18.8 Å². The molecule has 0 bridgehead atoms. The molecule has 3 N–H and O–H groups in total. The van der Waals surface area contributed by atoms with Crippen LogP contribution in [-0.4, -0.2) is 28.4 Å². The number of nitrogens with two attached hydrogens (primary N) is 1. The molecule has 1 aromatic carbocycles. The molecule has 1 heterocycles. The number of hydrogen-bond acceptors (Lipinski definition) is 6. The van der Waals surface area contributed by atoms with E-state index in [1.807, 2.05) is 34.6 Å². The number of carbonyl (C=O) groups excluding carboxylic acids is 3. The Morgan fingerprint density at radius 2 is 1.97 bits per heavy atom. The van der Waals surface area contributed by atoms with Crippen LogP contribution in [0.1, 0.15) is 51.4 Å². The Morgan fingerprint density at radius 1 is 1.28 bits per heavy atom. The van der Waals surface area contributed by atoms with Crippen LogP contribution in [-0.2, 0) is 21.1 Å². The first-order valence-corrected chi connectivity index (χ1v) is 11.0. The highest BCUT2D eigenvalue weighted by atomic mass is 32.1. The van der Waals surface area contributed by atoms with Crippen molar-refractivity contribution in [3.8, 4) is 0 Å². The van der Waals surface area contributed by atoms with E-state index < -0.39 is 23.7 Å². The van der Waals surface area contributed by atoms with Crippen LogP contribution < -0.4 is 15.9 Å². The molecular formula is C22H29FN4O4S. The van der Waals surface area contributed by atoms with Crippen molar-refractivity contribution < 1.29 is 23.5 Å². The monoisotopic (exact) mass is 464 g/mol. The number of rotatable bonds is 7. The van der Waals surface area contributed by atoms with Gasteiger partial charge in [-0.25, -0.2) is 4.39 Å². The lowest BCUT2D eigenvalue weighted by molar-refractivity contribution is -0.150. The quantitative estimate of drug-likeness (QED) is 0.610. The molecule has 0 radical (unpaired) electrons. The predicted molar refractivity (Wildman–Crippen MR) is 120 cm³/mol. The molecular weight excluding hydrogens is 435 g/mol. The summed E-state index contributed by atoms with van der Waals surface area (Å²) in [6.07, 6.45) is 1.84. The van der Waals surface area contributed by atoms with Crippen molar-refractivity contribution in [2.45, 2.75) is 53.8 Å². The highest BCUT2D eigenvalue weighted by Gasteiger charge is 2.19. The molecule has 1 aromatic heterocycles. The molecule has 0 aliphatic rings. The van der Waals surface area contributed by atoms with Gasteiger partial charge >= 0.3 is 5.97 Å². The highest BCUT2D eigenvalue weighted by molar-refractivity contribution is 7.07. The van der Waals surface area contributed by atoms with Crippen LogP contribution in [0, 0.1) is 17.2 Å². The second-order valence-corrected chi connectivity index (χ2v) is 9.79. The summed E-state index contributed by atoms with van der Waals surface area (Å²) >= 11 is 1.16. The predicted octanol–water partition coefficient (Wildman–Crippen LogP) is 3.29. The lowest BCUT2D eigenvalue weighted by Crippen LogP contribution is -2.37. The van der Waals surface area contributed by atoms with E-state index in [0.717, 1.165) is 17.4 Å². The van der Waals surface area contributed by atoms with Gasteiger partial charge in [-0.05, 0) is 29.5 Å². The van der Waals surface area contributed by atoms with Gasteiger partial charge in [-0.15, -0.1) is 11.3 Å². The van der Waals surface area contributed by atoms with Crippen molar-refractivity contribution in [2.24, 2.45) is 22.1 Å². The van der Waals surface area contributed by atoms with Crippen molar-refractivity contribution in [1.29, 1.82) is 0 Å². The van der Waals surface area contributed by atoms with Crippen LogP contribution in [0.2, 0.25) is 0 Å². The van der Waals surface area contributed by atoms with Gasteiger partial charge in [0.2, 0.25) is 5.91 Å². The molecule has 0 aliphatic heterocycles. The summed E-state index contributed by atoms with van der Waals surface area (Å²) < 4.78 is 21.1. The van der Waals surface area contributed by atoms with Crippen molar-refractivity contribution in [2.75, 3.05) is 5.32 Å². The Hall–Kier alpha value is -2.85. The Bertz CT molecular complexity index is 1050. The van der Waals surface area contributed by atoms with Gasteiger partial charge in [0.05, 0.1) is 5.69 Å². The number of nitrogens with one attached hydrogen (secondary N) is 1. The number of esters is 1. The first-order chi connectivity index (χ1) is 14.9. The van der Waals surface area contributed by atoms with E-state index in [1.54, 1.807) is 11.6 Å². The summed E-state index contributed by atoms with van der Waals surface area (Å²) in [6, 6.07) is 3.00. The number of amides is 2. The third kappa shape index (κ3) is 7.38. The lowest BCUT2D eigenvalue weighted by Gasteiger charge is -2.17. The number of ether oxygens (including phenoxy) is 1. The van der Waals surface area contributed by atoms with E-state index in [2.05, 4.69) is 10.3 Å². The van der Waals surface area contributed by atoms with Gasteiger partial charge in [0.25, 0.3) is 5.91 Å². The van der Waals surface area contributed by atoms with E-state index in [0.29, 0.717) is 0 Å². The molecule has 0 unspecified atom stereocenters. The fourth-order valence-corrected chi connectivity index (χ4v) is 3.28. The van der Waals surface area contributed by atoms with Gasteiger partial charge in [0, 0.05) is 23.6 Å². The van der Waals surface area contributed by atoms with Crippen LogP contribution >= 0.6 is 11.3 Å². The fraction of sp³-hybridized carbons (Fsp3) is 0.455. The molecule has 1 atom stereocenters. The normalized spacial score (nSPS) is 13.2. The van der Waals surface area contributed by atoms with Gasteiger partial charge < -0.3 is 15.8 Å². The smallest absolute Gasteiger partial charge is 0.324 e. The van der Waals surface area contributed by atoms with Gasteiger partial charge in [-0.3, -0.25) is 19.0 Å². The van der Waals surface area contributed by atoms with Crippen molar-refractivity contribution >= 4 is 34.8 Å². The third-order valence-electron chi connectivity index (χ3n) is 4.37. The molecule has 0 aliphatic carbocycles. The number of thiazole rings is 1. The Morgan fingerprint density at radius 3 is 2.56 bits per heavy atom. The third-order valence-corrected chi connectivity index (χ3v) is 5.17. The summed E-state index contributed by atoms with van der Waals surface area (Å²) in [7, 11) is 0. The first-order valence-electron chi connectivity index (χ1n) is 10.1.